The fraction of sp³-hybridized carbons (Fsp3) is 0.714. The number of amides is 1. The lowest BCUT2D eigenvalue weighted by Crippen LogP contribution is -2.42. The normalized spacial score (nSPS) is 21.6. The van der Waals surface area contributed by atoms with Crippen LogP contribution in [0.1, 0.15) is 6.92 Å². The molecule has 1 heterocycles. The molecule has 13 heavy (non-hydrogen) atoms. The van der Waals surface area contributed by atoms with Gasteiger partial charge in [0.05, 0.1) is 12.5 Å². The zero-order valence-corrected chi connectivity index (χ0v) is 8.04. The fourth-order valence-corrected chi connectivity index (χ4v) is 2.17. The molecule has 1 N–H and O–H groups in total. The Bertz CT molecular complexity index is 221. The predicted octanol–water partition coefficient (Wildman–Crippen LogP) is 0.602. The largest absolute Gasteiger partial charge is 0.480 e. The number of hydrogen-bond acceptors (Lipinski definition) is 4. The van der Waals surface area contributed by atoms with Crippen LogP contribution in [0.15, 0.2) is 0 Å². The highest BCUT2D eigenvalue weighted by Crippen LogP contribution is 2.21. The maximum atomic E-state index is 11.2. The Morgan fingerprint density at radius 1 is 1.69 bits per heavy atom. The van der Waals surface area contributed by atoms with Gasteiger partial charge in [0.1, 0.15) is 6.04 Å². The second kappa shape index (κ2) is 4.36. The summed E-state index contributed by atoms with van der Waals surface area (Å²) in [6.45, 7) is 1.96. The van der Waals surface area contributed by atoms with E-state index in [2.05, 4.69) is 0 Å². The van der Waals surface area contributed by atoms with Crippen LogP contribution in [0, 0.1) is 0 Å². The lowest BCUT2D eigenvalue weighted by molar-refractivity contribution is -0.141. The van der Waals surface area contributed by atoms with E-state index in [9.17, 15) is 9.59 Å². The first-order chi connectivity index (χ1) is 6.16. The molecule has 1 aliphatic rings. The van der Waals surface area contributed by atoms with Gasteiger partial charge >= 0.3 is 12.1 Å². The first kappa shape index (κ1) is 10.2. The van der Waals surface area contributed by atoms with E-state index in [1.54, 1.807) is 6.92 Å². The van der Waals surface area contributed by atoms with E-state index in [0.717, 1.165) is 0 Å². The van der Waals surface area contributed by atoms with Crippen LogP contribution in [0.5, 0.6) is 0 Å². The number of ether oxygens (including phenoxy) is 1. The molecule has 0 aromatic rings. The molecule has 0 unspecified atom stereocenters. The number of nitrogens with zero attached hydrogens (tertiary/aromatic N) is 1. The van der Waals surface area contributed by atoms with Gasteiger partial charge in [0.15, 0.2) is 0 Å². The molecule has 0 spiro atoms. The Kier molecular flexibility index (Phi) is 3.41. The zero-order chi connectivity index (χ0) is 9.84. The number of hydrogen-bond donors (Lipinski definition) is 1. The molecule has 6 heteroatoms. The summed E-state index contributed by atoms with van der Waals surface area (Å²) in [7, 11) is 0. The Morgan fingerprint density at radius 3 is 2.92 bits per heavy atom. The van der Waals surface area contributed by atoms with Crippen molar-refractivity contribution in [3.63, 3.8) is 0 Å². The maximum absolute atomic E-state index is 11.2. The van der Waals surface area contributed by atoms with E-state index in [1.807, 2.05) is 0 Å². The van der Waals surface area contributed by atoms with Crippen molar-refractivity contribution >= 4 is 23.8 Å². The van der Waals surface area contributed by atoms with Crippen LogP contribution in [-0.4, -0.2) is 46.3 Å². The van der Waals surface area contributed by atoms with Gasteiger partial charge in [-0.15, -0.1) is 11.8 Å². The predicted molar refractivity (Wildman–Crippen MR) is 47.6 cm³/mol. The van der Waals surface area contributed by atoms with E-state index >= 15 is 0 Å². The number of rotatable bonds is 2. The quantitative estimate of drug-likeness (QED) is 0.715. The first-order valence-corrected chi connectivity index (χ1v) is 5.06. The van der Waals surface area contributed by atoms with Gasteiger partial charge in [-0.25, -0.2) is 9.59 Å². The van der Waals surface area contributed by atoms with E-state index in [1.165, 1.54) is 16.7 Å². The molecule has 0 aliphatic carbocycles. The van der Waals surface area contributed by atoms with E-state index < -0.39 is 18.1 Å². The van der Waals surface area contributed by atoms with Gasteiger partial charge in [-0.05, 0) is 6.92 Å². The third kappa shape index (κ3) is 2.27. The molecule has 1 amide bonds. The summed E-state index contributed by atoms with van der Waals surface area (Å²) < 4.78 is 4.72. The lowest BCUT2D eigenvalue weighted by Gasteiger charge is -2.18. The molecule has 0 bridgehead atoms. The molecule has 1 aliphatic heterocycles. The fourth-order valence-electron chi connectivity index (χ4n) is 1.03. The third-order valence-electron chi connectivity index (χ3n) is 1.67. The van der Waals surface area contributed by atoms with Crippen LogP contribution >= 0.6 is 11.8 Å². The summed E-state index contributed by atoms with van der Waals surface area (Å²) in [5.41, 5.74) is 0. The van der Waals surface area contributed by atoms with Crippen LogP contribution in [-0.2, 0) is 9.53 Å². The molecule has 1 fully saturated rings. The van der Waals surface area contributed by atoms with Crippen LogP contribution < -0.4 is 0 Å². The monoisotopic (exact) mass is 205 g/mol. The van der Waals surface area contributed by atoms with Crippen molar-refractivity contribution in [1.29, 1.82) is 0 Å². The number of carboxylic acids is 1. The number of aliphatic carboxylic acids is 1. The topological polar surface area (TPSA) is 66.8 Å². The van der Waals surface area contributed by atoms with Crippen molar-refractivity contribution in [1.82, 2.24) is 4.90 Å². The highest BCUT2D eigenvalue weighted by Gasteiger charge is 2.35. The molecule has 1 saturated heterocycles. The molecule has 0 aromatic heterocycles. The van der Waals surface area contributed by atoms with Crippen molar-refractivity contribution < 1.29 is 19.4 Å². The van der Waals surface area contributed by atoms with Crippen LogP contribution in [0.3, 0.4) is 0 Å². The molecule has 0 radical (unpaired) electrons. The van der Waals surface area contributed by atoms with E-state index in [-0.39, 0.29) is 6.61 Å². The highest BCUT2D eigenvalue weighted by molar-refractivity contribution is 7.99. The second-order valence-electron chi connectivity index (χ2n) is 2.52. The Balaban J connectivity index is 2.57. The molecule has 74 valence electrons. The molecule has 1 rings (SSSR count). The minimum Gasteiger partial charge on any atom is -0.480 e. The zero-order valence-electron chi connectivity index (χ0n) is 7.23. The Morgan fingerprint density at radius 2 is 2.38 bits per heavy atom. The van der Waals surface area contributed by atoms with Gasteiger partial charge in [-0.2, -0.15) is 0 Å². The highest BCUT2D eigenvalue weighted by atomic mass is 32.2. The molecule has 1 atom stereocenters. The number of thioether (sulfide) groups is 1. The van der Waals surface area contributed by atoms with Crippen molar-refractivity contribution in [2.24, 2.45) is 0 Å². The third-order valence-corrected chi connectivity index (χ3v) is 2.68. The summed E-state index contributed by atoms with van der Waals surface area (Å²) in [5.74, 6) is -0.137. The van der Waals surface area contributed by atoms with E-state index in [0.29, 0.717) is 11.6 Å². The minimum atomic E-state index is -0.974. The van der Waals surface area contributed by atoms with Crippen molar-refractivity contribution in [3.8, 4) is 0 Å². The van der Waals surface area contributed by atoms with Crippen molar-refractivity contribution in [2.75, 3.05) is 18.2 Å². The molecular formula is C7H11NO4S. The minimum absolute atomic E-state index is 0.270. The summed E-state index contributed by atoms with van der Waals surface area (Å²) >= 11 is 1.42. The van der Waals surface area contributed by atoms with Gasteiger partial charge < -0.3 is 9.84 Å². The molecule has 5 nitrogen and oxygen atoms in total. The first-order valence-electron chi connectivity index (χ1n) is 3.90. The summed E-state index contributed by atoms with van der Waals surface area (Å²) in [5, 5.41) is 8.74. The average Bonchev–Trinajstić information content (AvgIpc) is 2.52. The summed E-state index contributed by atoms with van der Waals surface area (Å²) in [6.07, 6.45) is -0.542. The lowest BCUT2D eigenvalue weighted by atomic mass is 10.3. The Hall–Kier alpha value is -0.910. The summed E-state index contributed by atoms with van der Waals surface area (Å²) in [6, 6.07) is -0.732. The molecular weight excluding hydrogens is 194 g/mol. The van der Waals surface area contributed by atoms with Crippen molar-refractivity contribution in [3.05, 3.63) is 0 Å². The second-order valence-corrected chi connectivity index (χ2v) is 3.52. The van der Waals surface area contributed by atoms with Crippen molar-refractivity contribution in [2.45, 2.75) is 13.0 Å². The summed E-state index contributed by atoms with van der Waals surface area (Å²) in [4.78, 5) is 23.1. The van der Waals surface area contributed by atoms with Gasteiger partial charge in [-0.1, -0.05) is 0 Å². The number of carbonyl (C=O) groups is 2. The SMILES string of the molecule is CCOC(=O)N1CSC[C@@H]1C(=O)O. The van der Waals surface area contributed by atoms with Gasteiger partial charge in [0, 0.05) is 5.75 Å². The number of carbonyl (C=O) groups excluding carboxylic acids is 1. The standard InChI is InChI=1S/C7H11NO4S/c1-2-12-7(11)8-4-13-3-5(8)6(9)10/h5H,2-4H2,1H3,(H,9,10)/t5-/m1/s1. The van der Waals surface area contributed by atoms with Gasteiger partial charge in [-0.3, -0.25) is 4.90 Å². The van der Waals surface area contributed by atoms with Crippen LogP contribution in [0.25, 0.3) is 0 Å². The van der Waals surface area contributed by atoms with Gasteiger partial charge in [0.2, 0.25) is 0 Å². The van der Waals surface area contributed by atoms with E-state index in [4.69, 9.17) is 9.84 Å². The van der Waals surface area contributed by atoms with Crippen LogP contribution in [0.4, 0.5) is 4.79 Å². The maximum Gasteiger partial charge on any atom is 0.411 e. The van der Waals surface area contributed by atoms with Crippen LogP contribution in [0.2, 0.25) is 0 Å². The van der Waals surface area contributed by atoms with Gasteiger partial charge in [0.25, 0.3) is 0 Å². The number of carboxylic acid groups (broad SMARTS) is 1. The smallest absolute Gasteiger partial charge is 0.411 e. The average molecular weight is 205 g/mol. The Labute approximate surface area is 80.0 Å². The molecule has 0 saturated carbocycles. The molecule has 0 aromatic carbocycles.